The molecule has 2 heterocycles. The molecule has 0 radical (unpaired) electrons. The van der Waals surface area contributed by atoms with Gasteiger partial charge in [-0.2, -0.15) is 0 Å². The number of sulfone groups is 1. The van der Waals surface area contributed by atoms with Crippen molar-refractivity contribution >= 4 is 51.1 Å². The largest absolute Gasteiger partial charge is 0.350 e. The Hall–Kier alpha value is -0.420. The van der Waals surface area contributed by atoms with Crippen LogP contribution in [0.2, 0.25) is 0 Å². The summed E-state index contributed by atoms with van der Waals surface area (Å²) in [6, 6.07) is 0. The average Bonchev–Trinajstić information content (AvgIpc) is 3.08. The molecule has 2 fully saturated rings. The topological polar surface area (TPSA) is 74.7 Å². The van der Waals surface area contributed by atoms with Gasteiger partial charge in [-0.25, -0.2) is 13.4 Å². The number of aliphatic imine (C=N–C) groups is 1. The lowest BCUT2D eigenvalue weighted by Crippen LogP contribution is -2.60. The molecule has 2 aliphatic rings. The molecule has 1 saturated heterocycles. The smallest absolute Gasteiger partial charge is 0.194 e. The van der Waals surface area contributed by atoms with Crippen molar-refractivity contribution in [1.82, 2.24) is 15.2 Å². The lowest BCUT2D eigenvalue weighted by atomic mass is 9.87. The highest BCUT2D eigenvalue weighted by atomic mass is 127. The number of guanidine groups is 1. The van der Waals surface area contributed by atoms with Crippen LogP contribution in [0.1, 0.15) is 48.9 Å². The Morgan fingerprint density at radius 1 is 1.38 bits per heavy atom. The van der Waals surface area contributed by atoms with Crippen LogP contribution in [0.25, 0.3) is 0 Å². The number of nitrogens with one attached hydrogen (secondary N) is 1. The summed E-state index contributed by atoms with van der Waals surface area (Å²) < 4.78 is 24.9. The van der Waals surface area contributed by atoms with Crippen molar-refractivity contribution in [3.63, 3.8) is 0 Å². The standard InChI is InChI=1S/C17H28N4O2S2.HI/c1-3-14-11-19-15(24-14)12-20-16(18-2)21-9-10-25(22,23)17(13-21)7-5-4-6-8-17;/h11H,3-10,12-13H2,1-2H3,(H,18,20);1H. The first-order valence-electron chi connectivity index (χ1n) is 9.11. The third-order valence-corrected chi connectivity index (χ3v) is 9.11. The van der Waals surface area contributed by atoms with Crippen LogP contribution in [0.15, 0.2) is 11.2 Å². The molecular weight excluding hydrogens is 483 g/mol. The minimum Gasteiger partial charge on any atom is -0.350 e. The van der Waals surface area contributed by atoms with Crippen LogP contribution in [0, 0.1) is 0 Å². The van der Waals surface area contributed by atoms with Gasteiger partial charge >= 0.3 is 0 Å². The SMILES string of the molecule is CCc1cnc(CNC(=NC)N2CCS(=O)(=O)C3(CCCCC3)C2)s1.I. The van der Waals surface area contributed by atoms with Gasteiger partial charge in [0.15, 0.2) is 15.8 Å². The molecule has 1 aromatic rings. The van der Waals surface area contributed by atoms with Crippen LogP contribution >= 0.6 is 35.3 Å². The Morgan fingerprint density at radius 3 is 2.73 bits per heavy atom. The molecule has 0 bridgehead atoms. The maximum Gasteiger partial charge on any atom is 0.194 e. The molecule has 1 spiro atoms. The van der Waals surface area contributed by atoms with Gasteiger partial charge in [0, 0.05) is 31.2 Å². The number of aryl methyl sites for hydroxylation is 1. The van der Waals surface area contributed by atoms with E-state index in [1.54, 1.807) is 18.4 Å². The number of hydrogen-bond donors (Lipinski definition) is 1. The number of rotatable bonds is 3. The van der Waals surface area contributed by atoms with Crippen molar-refractivity contribution in [3.05, 3.63) is 16.1 Å². The van der Waals surface area contributed by atoms with Crippen LogP contribution < -0.4 is 5.32 Å². The van der Waals surface area contributed by atoms with Gasteiger partial charge in [-0.3, -0.25) is 4.99 Å². The maximum absolute atomic E-state index is 12.7. The number of nitrogens with zero attached hydrogens (tertiary/aromatic N) is 3. The van der Waals surface area contributed by atoms with E-state index in [1.165, 1.54) is 4.88 Å². The van der Waals surface area contributed by atoms with Crippen molar-refractivity contribution in [1.29, 1.82) is 0 Å². The highest BCUT2D eigenvalue weighted by Crippen LogP contribution is 2.38. The van der Waals surface area contributed by atoms with Crippen LogP contribution in [-0.2, 0) is 22.8 Å². The summed E-state index contributed by atoms with van der Waals surface area (Å²) in [5.41, 5.74) is 0. The number of thiazole rings is 1. The summed E-state index contributed by atoms with van der Waals surface area (Å²) in [7, 11) is -1.26. The number of aromatic nitrogens is 1. The summed E-state index contributed by atoms with van der Waals surface area (Å²) >= 11 is 1.71. The van der Waals surface area contributed by atoms with E-state index in [0.29, 0.717) is 19.6 Å². The normalized spacial score (nSPS) is 22.1. The van der Waals surface area contributed by atoms with E-state index in [2.05, 4.69) is 27.1 Å². The molecule has 1 aromatic heterocycles. The maximum atomic E-state index is 12.7. The van der Waals surface area contributed by atoms with Gasteiger partial charge in [0.25, 0.3) is 0 Å². The summed E-state index contributed by atoms with van der Waals surface area (Å²) in [6.07, 6.45) is 7.67. The fourth-order valence-electron chi connectivity index (χ4n) is 3.90. The second-order valence-electron chi connectivity index (χ2n) is 6.96. The van der Waals surface area contributed by atoms with Gasteiger partial charge in [-0.05, 0) is 19.3 Å². The molecule has 6 nitrogen and oxygen atoms in total. The molecule has 0 unspecified atom stereocenters. The predicted octanol–water partition coefficient (Wildman–Crippen LogP) is 2.83. The van der Waals surface area contributed by atoms with Crippen molar-refractivity contribution in [3.8, 4) is 0 Å². The fourth-order valence-corrected chi connectivity index (χ4v) is 6.86. The monoisotopic (exact) mass is 512 g/mol. The second-order valence-corrected chi connectivity index (χ2v) is 10.7. The highest BCUT2D eigenvalue weighted by Gasteiger charge is 2.48. The van der Waals surface area contributed by atoms with Gasteiger partial charge in [-0.15, -0.1) is 35.3 Å². The van der Waals surface area contributed by atoms with Crippen LogP contribution in [0.5, 0.6) is 0 Å². The quantitative estimate of drug-likeness (QED) is 0.383. The average molecular weight is 512 g/mol. The van der Waals surface area contributed by atoms with E-state index >= 15 is 0 Å². The van der Waals surface area contributed by atoms with E-state index in [0.717, 1.165) is 49.5 Å². The zero-order valence-corrected chi connectivity index (χ0v) is 19.5. The third kappa shape index (κ3) is 4.52. The number of halogens is 1. The summed E-state index contributed by atoms with van der Waals surface area (Å²) in [6.45, 7) is 3.84. The summed E-state index contributed by atoms with van der Waals surface area (Å²) in [5.74, 6) is 1.01. The zero-order chi connectivity index (χ0) is 17.9. The molecule has 1 aliphatic heterocycles. The van der Waals surface area contributed by atoms with E-state index in [-0.39, 0.29) is 29.7 Å². The fraction of sp³-hybridized carbons (Fsp3) is 0.765. The minimum atomic E-state index is -3.02. The summed E-state index contributed by atoms with van der Waals surface area (Å²) in [4.78, 5) is 12.2. The first-order valence-corrected chi connectivity index (χ1v) is 11.6. The second kappa shape index (κ2) is 9.18. The summed E-state index contributed by atoms with van der Waals surface area (Å²) in [5, 5.41) is 4.41. The first kappa shape index (κ1) is 21.9. The Balaban J connectivity index is 0.00000243. The van der Waals surface area contributed by atoms with Gasteiger partial charge in [0.1, 0.15) is 5.01 Å². The molecule has 1 saturated carbocycles. The Labute approximate surface area is 177 Å². The molecule has 3 rings (SSSR count). The first-order chi connectivity index (χ1) is 12.0. The van der Waals surface area contributed by atoms with Crippen LogP contribution in [0.3, 0.4) is 0 Å². The third-order valence-electron chi connectivity index (χ3n) is 5.39. The molecule has 1 N–H and O–H groups in total. The van der Waals surface area contributed by atoms with Crippen molar-refractivity contribution in [2.24, 2.45) is 4.99 Å². The van der Waals surface area contributed by atoms with E-state index < -0.39 is 14.6 Å². The van der Waals surface area contributed by atoms with E-state index in [9.17, 15) is 8.42 Å². The molecule has 0 atom stereocenters. The molecule has 0 amide bonds. The predicted molar refractivity (Wildman–Crippen MR) is 118 cm³/mol. The van der Waals surface area contributed by atoms with Gasteiger partial charge in [0.05, 0.1) is 17.0 Å². The van der Waals surface area contributed by atoms with Crippen molar-refractivity contribution < 1.29 is 8.42 Å². The van der Waals surface area contributed by atoms with Gasteiger partial charge in [0.2, 0.25) is 0 Å². The zero-order valence-electron chi connectivity index (χ0n) is 15.5. The molecule has 1 aliphatic carbocycles. The van der Waals surface area contributed by atoms with Crippen LogP contribution in [-0.4, -0.2) is 54.9 Å². The lowest BCUT2D eigenvalue weighted by Gasteiger charge is -2.45. The van der Waals surface area contributed by atoms with Crippen LogP contribution in [0.4, 0.5) is 0 Å². The van der Waals surface area contributed by atoms with Crippen molar-refractivity contribution in [2.45, 2.75) is 56.7 Å². The van der Waals surface area contributed by atoms with Gasteiger partial charge in [-0.1, -0.05) is 26.2 Å². The minimum absolute atomic E-state index is 0. The molecule has 26 heavy (non-hydrogen) atoms. The Kier molecular flexibility index (Phi) is 7.73. The van der Waals surface area contributed by atoms with E-state index in [1.807, 2.05) is 6.20 Å². The van der Waals surface area contributed by atoms with Gasteiger partial charge < -0.3 is 10.2 Å². The van der Waals surface area contributed by atoms with E-state index in [4.69, 9.17) is 0 Å². The highest BCUT2D eigenvalue weighted by molar-refractivity contribution is 14.0. The molecule has 9 heteroatoms. The number of hydrogen-bond acceptors (Lipinski definition) is 5. The Morgan fingerprint density at radius 2 is 2.12 bits per heavy atom. The molecular formula is C17H29IN4O2S2. The molecule has 148 valence electrons. The molecule has 0 aromatic carbocycles. The van der Waals surface area contributed by atoms with Crippen molar-refractivity contribution in [2.75, 3.05) is 25.9 Å². The Bertz CT molecular complexity index is 727. The lowest BCUT2D eigenvalue weighted by molar-refractivity contribution is 0.274.